The molecule has 3 heteroatoms. The van der Waals surface area contributed by atoms with Crippen LogP contribution in [-0.4, -0.2) is 6.61 Å². The van der Waals surface area contributed by atoms with Crippen molar-refractivity contribution in [2.75, 3.05) is 6.61 Å². The van der Waals surface area contributed by atoms with Crippen LogP contribution in [0.25, 0.3) is 11.1 Å². The van der Waals surface area contributed by atoms with Gasteiger partial charge in [0.1, 0.15) is 0 Å². The molecular formula is C19H22F2O. The summed E-state index contributed by atoms with van der Waals surface area (Å²) in [5.41, 5.74) is 2.14. The van der Waals surface area contributed by atoms with Crippen molar-refractivity contribution in [1.29, 1.82) is 0 Å². The van der Waals surface area contributed by atoms with E-state index in [4.69, 9.17) is 4.74 Å². The summed E-state index contributed by atoms with van der Waals surface area (Å²) < 4.78 is 33.6. The maximum atomic E-state index is 14.3. The summed E-state index contributed by atoms with van der Waals surface area (Å²) in [6.07, 6.45) is 3.82. The first kappa shape index (κ1) is 16.5. The number of rotatable bonds is 7. The Morgan fingerprint density at radius 2 is 1.59 bits per heavy atom. The molecule has 0 N–H and O–H groups in total. The van der Waals surface area contributed by atoms with Crippen LogP contribution >= 0.6 is 0 Å². The van der Waals surface area contributed by atoms with E-state index in [1.165, 1.54) is 11.6 Å². The quantitative estimate of drug-likeness (QED) is 0.591. The van der Waals surface area contributed by atoms with Crippen molar-refractivity contribution in [3.8, 4) is 16.9 Å². The summed E-state index contributed by atoms with van der Waals surface area (Å²) in [6, 6.07) is 10.7. The molecule has 0 aromatic heterocycles. The van der Waals surface area contributed by atoms with Crippen molar-refractivity contribution in [3.63, 3.8) is 0 Å². The van der Waals surface area contributed by atoms with E-state index >= 15 is 0 Å². The average molecular weight is 304 g/mol. The average Bonchev–Trinajstić information content (AvgIpc) is 2.53. The van der Waals surface area contributed by atoms with Gasteiger partial charge in [0.25, 0.3) is 0 Å². The summed E-state index contributed by atoms with van der Waals surface area (Å²) in [4.78, 5) is 0. The first-order valence-corrected chi connectivity index (χ1v) is 7.87. The minimum Gasteiger partial charge on any atom is -0.490 e. The second-order valence-corrected chi connectivity index (χ2v) is 5.39. The van der Waals surface area contributed by atoms with Gasteiger partial charge in [0.2, 0.25) is 5.82 Å². The van der Waals surface area contributed by atoms with Crippen molar-refractivity contribution >= 4 is 0 Å². The molecule has 2 aromatic rings. The molecule has 0 fully saturated rings. The summed E-state index contributed by atoms with van der Waals surface area (Å²) in [6.45, 7) is 4.53. The number of ether oxygens (including phenoxy) is 1. The Labute approximate surface area is 130 Å². The summed E-state index contributed by atoms with van der Waals surface area (Å²) in [5, 5.41) is 0. The highest BCUT2D eigenvalue weighted by molar-refractivity contribution is 5.65. The Morgan fingerprint density at radius 1 is 0.864 bits per heavy atom. The summed E-state index contributed by atoms with van der Waals surface area (Å²) in [7, 11) is 0. The Morgan fingerprint density at radius 3 is 2.23 bits per heavy atom. The van der Waals surface area contributed by atoms with E-state index in [9.17, 15) is 8.78 Å². The molecule has 118 valence electrons. The van der Waals surface area contributed by atoms with Crippen LogP contribution in [-0.2, 0) is 6.42 Å². The Bertz CT molecular complexity index is 606. The molecule has 0 heterocycles. The van der Waals surface area contributed by atoms with E-state index in [0.29, 0.717) is 12.2 Å². The Kier molecular flexibility index (Phi) is 5.93. The van der Waals surface area contributed by atoms with Crippen LogP contribution in [0.1, 0.15) is 38.7 Å². The van der Waals surface area contributed by atoms with Crippen LogP contribution < -0.4 is 4.74 Å². The highest BCUT2D eigenvalue weighted by Gasteiger charge is 2.15. The van der Waals surface area contributed by atoms with Gasteiger partial charge >= 0.3 is 0 Å². The molecule has 0 bridgehead atoms. The van der Waals surface area contributed by atoms with E-state index in [1.54, 1.807) is 6.07 Å². The largest absolute Gasteiger partial charge is 0.490 e. The van der Waals surface area contributed by atoms with Gasteiger partial charge in [0.05, 0.1) is 6.61 Å². The minimum atomic E-state index is -0.911. The standard InChI is InChI=1S/C19H22F2O/c1-3-5-13-22-17-12-11-16(18(20)19(17)21)15-9-7-14(6-4-2)8-10-15/h7-12H,3-6,13H2,1-2H3. The van der Waals surface area contributed by atoms with Crippen molar-refractivity contribution < 1.29 is 13.5 Å². The predicted octanol–water partition coefficient (Wildman–Crippen LogP) is 5.76. The number of hydrogen-bond donors (Lipinski definition) is 0. The lowest BCUT2D eigenvalue weighted by Crippen LogP contribution is -2.01. The smallest absolute Gasteiger partial charge is 0.201 e. The molecular weight excluding hydrogens is 282 g/mol. The van der Waals surface area contributed by atoms with E-state index in [-0.39, 0.29) is 11.3 Å². The lowest BCUT2D eigenvalue weighted by molar-refractivity contribution is 0.289. The minimum absolute atomic E-state index is 0.0164. The van der Waals surface area contributed by atoms with Gasteiger partial charge < -0.3 is 4.74 Å². The molecule has 0 spiro atoms. The van der Waals surface area contributed by atoms with E-state index in [2.05, 4.69) is 6.92 Å². The van der Waals surface area contributed by atoms with Gasteiger partial charge in [-0.1, -0.05) is 51.0 Å². The molecule has 0 aliphatic rings. The summed E-state index contributed by atoms with van der Waals surface area (Å²) in [5.74, 6) is -1.78. The molecule has 1 nitrogen and oxygen atoms in total. The predicted molar refractivity (Wildman–Crippen MR) is 86.2 cm³/mol. The molecule has 2 aromatic carbocycles. The molecule has 0 atom stereocenters. The lowest BCUT2D eigenvalue weighted by Gasteiger charge is -2.10. The molecule has 0 unspecified atom stereocenters. The van der Waals surface area contributed by atoms with Gasteiger partial charge in [0.15, 0.2) is 11.6 Å². The van der Waals surface area contributed by atoms with Crippen LogP contribution in [0.4, 0.5) is 8.78 Å². The topological polar surface area (TPSA) is 9.23 Å². The normalized spacial score (nSPS) is 10.7. The zero-order chi connectivity index (χ0) is 15.9. The zero-order valence-corrected chi connectivity index (χ0v) is 13.2. The second-order valence-electron chi connectivity index (χ2n) is 5.39. The fraction of sp³-hybridized carbons (Fsp3) is 0.368. The molecule has 0 amide bonds. The van der Waals surface area contributed by atoms with Crippen LogP contribution in [0, 0.1) is 11.6 Å². The third kappa shape index (κ3) is 3.85. The highest BCUT2D eigenvalue weighted by Crippen LogP contribution is 2.30. The maximum Gasteiger partial charge on any atom is 0.201 e. The highest BCUT2D eigenvalue weighted by atomic mass is 19.2. The molecule has 0 radical (unpaired) electrons. The van der Waals surface area contributed by atoms with E-state index in [1.807, 2.05) is 31.2 Å². The molecule has 0 aliphatic heterocycles. The fourth-order valence-electron chi connectivity index (χ4n) is 2.33. The van der Waals surface area contributed by atoms with Crippen LogP contribution in [0.5, 0.6) is 5.75 Å². The summed E-state index contributed by atoms with van der Waals surface area (Å²) >= 11 is 0. The SMILES string of the molecule is CCCCOc1ccc(-c2ccc(CCC)cc2)c(F)c1F. The lowest BCUT2D eigenvalue weighted by atomic mass is 10.0. The van der Waals surface area contributed by atoms with Gasteiger partial charge in [-0.05, 0) is 36.1 Å². The van der Waals surface area contributed by atoms with E-state index < -0.39 is 11.6 Å². The first-order valence-electron chi connectivity index (χ1n) is 7.87. The van der Waals surface area contributed by atoms with Crippen molar-refractivity contribution in [1.82, 2.24) is 0 Å². The van der Waals surface area contributed by atoms with Crippen LogP contribution in [0.15, 0.2) is 36.4 Å². The van der Waals surface area contributed by atoms with Gasteiger partial charge in [0, 0.05) is 5.56 Å². The van der Waals surface area contributed by atoms with Crippen LogP contribution in [0.2, 0.25) is 0 Å². The number of hydrogen-bond acceptors (Lipinski definition) is 1. The fourth-order valence-corrected chi connectivity index (χ4v) is 2.33. The molecule has 2 rings (SSSR count). The van der Waals surface area contributed by atoms with Crippen molar-refractivity contribution in [3.05, 3.63) is 53.6 Å². The van der Waals surface area contributed by atoms with Crippen molar-refractivity contribution in [2.24, 2.45) is 0 Å². The Hall–Kier alpha value is -1.90. The van der Waals surface area contributed by atoms with Crippen molar-refractivity contribution in [2.45, 2.75) is 39.5 Å². The van der Waals surface area contributed by atoms with E-state index in [0.717, 1.165) is 25.7 Å². The zero-order valence-electron chi connectivity index (χ0n) is 13.2. The number of aryl methyl sites for hydroxylation is 1. The monoisotopic (exact) mass is 304 g/mol. The molecule has 0 saturated heterocycles. The van der Waals surface area contributed by atoms with Gasteiger partial charge in [-0.3, -0.25) is 0 Å². The second kappa shape index (κ2) is 7.92. The third-order valence-corrected chi connectivity index (χ3v) is 3.61. The van der Waals surface area contributed by atoms with Gasteiger partial charge in [-0.25, -0.2) is 4.39 Å². The third-order valence-electron chi connectivity index (χ3n) is 3.61. The van der Waals surface area contributed by atoms with Crippen LogP contribution in [0.3, 0.4) is 0 Å². The maximum absolute atomic E-state index is 14.3. The first-order chi connectivity index (χ1) is 10.7. The number of benzene rings is 2. The number of halogens is 2. The molecule has 0 aliphatic carbocycles. The molecule has 22 heavy (non-hydrogen) atoms. The molecule has 0 saturated carbocycles. The van der Waals surface area contributed by atoms with Gasteiger partial charge in [-0.2, -0.15) is 4.39 Å². The number of unbranched alkanes of at least 4 members (excludes halogenated alkanes) is 1. The van der Waals surface area contributed by atoms with Gasteiger partial charge in [-0.15, -0.1) is 0 Å². The Balaban J connectivity index is 2.22.